The van der Waals surface area contributed by atoms with E-state index < -0.39 is 11.6 Å². The van der Waals surface area contributed by atoms with Crippen molar-refractivity contribution in [1.82, 2.24) is 20.1 Å². The summed E-state index contributed by atoms with van der Waals surface area (Å²) in [6.07, 6.45) is 5.20. The highest BCUT2D eigenvalue weighted by atomic mass is 19.1. The van der Waals surface area contributed by atoms with Crippen LogP contribution >= 0.6 is 0 Å². The number of hydrogen-bond donors (Lipinski definition) is 1. The molecule has 1 aromatic carbocycles. The van der Waals surface area contributed by atoms with Gasteiger partial charge in [0.1, 0.15) is 11.6 Å². The molecule has 4 heterocycles. The minimum Gasteiger partial charge on any atom is -0.490 e. The normalized spacial score (nSPS) is 21.0. The van der Waals surface area contributed by atoms with Crippen molar-refractivity contribution in [2.24, 2.45) is 11.7 Å². The number of ether oxygens (including phenoxy) is 1. The van der Waals surface area contributed by atoms with Crippen LogP contribution in [0.3, 0.4) is 0 Å². The number of hydrogen-bond acceptors (Lipinski definition) is 9. The van der Waals surface area contributed by atoms with E-state index in [4.69, 9.17) is 15.0 Å². The van der Waals surface area contributed by atoms with Crippen LogP contribution < -0.4 is 20.3 Å². The molecule has 2 aliphatic heterocycles. The van der Waals surface area contributed by atoms with Gasteiger partial charge in [-0.25, -0.2) is 18.7 Å². The lowest BCUT2D eigenvalue weighted by molar-refractivity contribution is 0.219. The van der Waals surface area contributed by atoms with Gasteiger partial charge in [-0.2, -0.15) is 4.98 Å². The maximum Gasteiger partial charge on any atom is 0.324 e. The van der Waals surface area contributed by atoms with Gasteiger partial charge in [-0.1, -0.05) is 25.9 Å². The van der Waals surface area contributed by atoms with E-state index in [0.717, 1.165) is 38.1 Å². The molecule has 2 fully saturated rings. The Morgan fingerprint density at radius 3 is 2.49 bits per heavy atom. The molecule has 2 N–H and O–H groups in total. The number of rotatable bonds is 6. The summed E-state index contributed by atoms with van der Waals surface area (Å²) in [6.45, 7) is 9.29. The molecule has 9 nitrogen and oxygen atoms in total. The molecule has 3 aromatic rings. The summed E-state index contributed by atoms with van der Waals surface area (Å²) in [5.41, 5.74) is 6.40. The van der Waals surface area contributed by atoms with Crippen molar-refractivity contribution < 1.29 is 18.0 Å². The fourth-order valence-electron chi connectivity index (χ4n) is 4.82. The molecular weight excluding hydrogens is 480 g/mol. The molecule has 11 heteroatoms. The second kappa shape index (κ2) is 10.2. The van der Waals surface area contributed by atoms with Crippen molar-refractivity contribution in [3.05, 3.63) is 53.6 Å². The van der Waals surface area contributed by atoms with Crippen molar-refractivity contribution in [3.8, 4) is 5.75 Å². The zero-order valence-corrected chi connectivity index (χ0v) is 21.4. The van der Waals surface area contributed by atoms with Crippen LogP contribution in [-0.4, -0.2) is 58.9 Å². The standard InChI is InChI=1S/C26H33F2N7O2/c1-26(2,3)23-32-25(37-33-23)34-8-6-16(7-9-34)15-36-18-11-30-24(31-12-18)35-13-20(22(29)14-35)19-10-17(27)4-5-21(19)28/h4-5,10-12,16,20,22H,6-9,13-15,29H2,1-3H3/t20-,22+/m1/s1. The second-order valence-electron chi connectivity index (χ2n) is 11.0. The molecule has 2 aromatic heterocycles. The first kappa shape index (κ1) is 25.3. The van der Waals surface area contributed by atoms with Gasteiger partial charge in [-0.3, -0.25) is 0 Å². The Balaban J connectivity index is 1.11. The molecule has 198 valence electrons. The van der Waals surface area contributed by atoms with Crippen molar-refractivity contribution in [1.29, 1.82) is 0 Å². The number of nitrogens with two attached hydrogens (primary N) is 1. The van der Waals surface area contributed by atoms with E-state index in [2.05, 4.69) is 45.8 Å². The number of aromatic nitrogens is 4. The zero-order chi connectivity index (χ0) is 26.2. The minimum absolute atomic E-state index is 0.146. The molecule has 2 atom stereocenters. The van der Waals surface area contributed by atoms with Crippen molar-refractivity contribution >= 4 is 12.0 Å². The molecule has 0 unspecified atom stereocenters. The predicted molar refractivity (Wildman–Crippen MR) is 135 cm³/mol. The lowest BCUT2D eigenvalue weighted by Gasteiger charge is -2.30. The predicted octanol–water partition coefficient (Wildman–Crippen LogP) is 3.66. The molecule has 0 saturated carbocycles. The molecule has 2 aliphatic rings. The molecule has 0 aliphatic carbocycles. The maximum absolute atomic E-state index is 14.3. The summed E-state index contributed by atoms with van der Waals surface area (Å²) in [5.74, 6) is 0.927. The fraction of sp³-hybridized carbons (Fsp3) is 0.538. The van der Waals surface area contributed by atoms with Gasteiger partial charge in [-0.05, 0) is 42.5 Å². The Hall–Kier alpha value is -3.34. The summed E-state index contributed by atoms with van der Waals surface area (Å²) in [4.78, 5) is 17.4. The zero-order valence-electron chi connectivity index (χ0n) is 21.4. The highest BCUT2D eigenvalue weighted by molar-refractivity contribution is 5.39. The Labute approximate surface area is 215 Å². The van der Waals surface area contributed by atoms with Crippen LogP contribution in [0.25, 0.3) is 0 Å². The third-order valence-electron chi connectivity index (χ3n) is 7.08. The van der Waals surface area contributed by atoms with E-state index in [9.17, 15) is 8.78 Å². The average molecular weight is 514 g/mol. The first-order chi connectivity index (χ1) is 17.7. The summed E-state index contributed by atoms with van der Waals surface area (Å²) < 4.78 is 39.4. The monoisotopic (exact) mass is 513 g/mol. The SMILES string of the molecule is CC(C)(C)c1noc(N2CCC(COc3cnc(N4C[C@H](c5cc(F)ccc5F)[C@@H](N)C4)nc3)CC2)n1. The summed E-state index contributed by atoms with van der Waals surface area (Å²) >= 11 is 0. The Kier molecular flexibility index (Phi) is 6.98. The molecule has 5 rings (SSSR count). The summed E-state index contributed by atoms with van der Waals surface area (Å²) in [7, 11) is 0. The van der Waals surface area contributed by atoms with E-state index in [1.807, 2.05) is 4.90 Å². The van der Waals surface area contributed by atoms with Crippen LogP contribution in [0.2, 0.25) is 0 Å². The summed E-state index contributed by atoms with van der Waals surface area (Å²) in [6, 6.07) is 3.70. The van der Waals surface area contributed by atoms with Gasteiger partial charge in [0.2, 0.25) is 5.95 Å². The van der Waals surface area contributed by atoms with Gasteiger partial charge >= 0.3 is 6.01 Å². The quantitative estimate of drug-likeness (QED) is 0.528. The molecular formula is C26H33F2N7O2. The molecule has 0 bridgehead atoms. The topological polar surface area (TPSA) is 106 Å². The van der Waals surface area contributed by atoms with Gasteiger partial charge in [0.25, 0.3) is 0 Å². The second-order valence-corrected chi connectivity index (χ2v) is 11.0. The smallest absolute Gasteiger partial charge is 0.324 e. The average Bonchev–Trinajstić information content (AvgIpc) is 3.53. The van der Waals surface area contributed by atoms with Crippen LogP contribution in [0.5, 0.6) is 5.75 Å². The lowest BCUT2D eigenvalue weighted by atomic mass is 9.94. The Bertz CT molecular complexity index is 1210. The summed E-state index contributed by atoms with van der Waals surface area (Å²) in [5, 5.41) is 4.12. The third-order valence-corrected chi connectivity index (χ3v) is 7.08. The van der Waals surface area contributed by atoms with Crippen LogP contribution in [0.15, 0.2) is 35.1 Å². The van der Waals surface area contributed by atoms with E-state index in [1.54, 1.807) is 12.4 Å². The third kappa shape index (κ3) is 5.66. The minimum atomic E-state index is -0.477. The highest BCUT2D eigenvalue weighted by Crippen LogP contribution is 2.31. The molecule has 0 amide bonds. The molecule has 37 heavy (non-hydrogen) atoms. The van der Waals surface area contributed by atoms with E-state index >= 15 is 0 Å². The van der Waals surface area contributed by atoms with Crippen LogP contribution in [0.4, 0.5) is 20.7 Å². The van der Waals surface area contributed by atoms with Crippen molar-refractivity contribution in [3.63, 3.8) is 0 Å². The van der Waals surface area contributed by atoms with E-state index in [0.29, 0.717) is 49.2 Å². The van der Waals surface area contributed by atoms with Crippen LogP contribution in [0, 0.1) is 17.6 Å². The first-order valence-corrected chi connectivity index (χ1v) is 12.7. The fourth-order valence-corrected chi connectivity index (χ4v) is 4.82. The van der Waals surface area contributed by atoms with Crippen LogP contribution in [-0.2, 0) is 5.41 Å². The molecule has 0 radical (unpaired) electrons. The first-order valence-electron chi connectivity index (χ1n) is 12.7. The molecule has 2 saturated heterocycles. The number of benzene rings is 1. The number of halogens is 2. The van der Waals surface area contributed by atoms with Gasteiger partial charge in [0, 0.05) is 43.6 Å². The number of piperidine rings is 1. The van der Waals surface area contributed by atoms with Crippen LogP contribution in [0.1, 0.15) is 50.9 Å². The largest absolute Gasteiger partial charge is 0.490 e. The van der Waals surface area contributed by atoms with Gasteiger partial charge in [0.15, 0.2) is 11.6 Å². The maximum atomic E-state index is 14.3. The van der Waals surface area contributed by atoms with Gasteiger partial charge in [-0.15, -0.1) is 0 Å². The van der Waals surface area contributed by atoms with E-state index in [1.165, 1.54) is 6.07 Å². The number of anilines is 2. The Morgan fingerprint density at radius 1 is 1.08 bits per heavy atom. The highest BCUT2D eigenvalue weighted by Gasteiger charge is 2.34. The number of nitrogens with zero attached hydrogens (tertiary/aromatic N) is 6. The van der Waals surface area contributed by atoms with Gasteiger partial charge < -0.3 is 24.8 Å². The Morgan fingerprint density at radius 2 is 1.81 bits per heavy atom. The molecule has 0 spiro atoms. The van der Waals surface area contributed by atoms with Crippen molar-refractivity contribution in [2.45, 2.75) is 51.0 Å². The van der Waals surface area contributed by atoms with Gasteiger partial charge in [0.05, 0.1) is 19.0 Å². The lowest BCUT2D eigenvalue weighted by Crippen LogP contribution is -2.35. The van der Waals surface area contributed by atoms with Crippen molar-refractivity contribution in [2.75, 3.05) is 42.6 Å². The van der Waals surface area contributed by atoms with E-state index in [-0.39, 0.29) is 22.9 Å².